The zero-order valence-corrected chi connectivity index (χ0v) is 12.3. The molecular formula is C15H18FNO5. The Balaban J connectivity index is 1.97. The van der Waals surface area contributed by atoms with Crippen molar-refractivity contribution in [1.82, 2.24) is 4.90 Å². The number of aliphatic carboxylic acids is 1. The normalized spacial score (nSPS) is 18.1. The molecule has 22 heavy (non-hydrogen) atoms. The van der Waals surface area contributed by atoms with Crippen LogP contribution in [0.3, 0.4) is 0 Å². The van der Waals surface area contributed by atoms with Crippen molar-refractivity contribution >= 4 is 11.9 Å². The van der Waals surface area contributed by atoms with Crippen LogP contribution in [0.15, 0.2) is 18.2 Å². The van der Waals surface area contributed by atoms with Gasteiger partial charge in [-0.2, -0.15) is 0 Å². The molecule has 1 saturated heterocycles. The van der Waals surface area contributed by atoms with Crippen LogP contribution in [0.2, 0.25) is 0 Å². The number of morpholine rings is 1. The minimum atomic E-state index is -1.00. The number of rotatable bonds is 5. The standard InChI is InChI=1S/C15H18FNO5/c1-10-2-3-12(16)13(6-10)22-9-14(18)17-4-5-21-8-11(17)7-15(19)20/h2-3,6,11H,4-5,7-9H2,1H3,(H,19,20)/t11-/m1/s1. The van der Waals surface area contributed by atoms with E-state index in [1.54, 1.807) is 13.0 Å². The summed E-state index contributed by atoms with van der Waals surface area (Å²) in [5.41, 5.74) is 0.818. The van der Waals surface area contributed by atoms with Crippen molar-refractivity contribution in [3.8, 4) is 5.75 Å². The maximum Gasteiger partial charge on any atom is 0.305 e. The molecule has 1 fully saturated rings. The van der Waals surface area contributed by atoms with Crippen molar-refractivity contribution in [2.45, 2.75) is 19.4 Å². The van der Waals surface area contributed by atoms with E-state index in [-0.39, 0.29) is 31.3 Å². The highest BCUT2D eigenvalue weighted by Gasteiger charge is 2.29. The molecule has 0 aliphatic carbocycles. The van der Waals surface area contributed by atoms with Crippen LogP contribution >= 0.6 is 0 Å². The fourth-order valence-electron chi connectivity index (χ4n) is 2.30. The summed E-state index contributed by atoms with van der Waals surface area (Å²) in [4.78, 5) is 24.4. The quantitative estimate of drug-likeness (QED) is 0.884. The molecule has 1 N–H and O–H groups in total. The number of carbonyl (C=O) groups excluding carboxylic acids is 1. The monoisotopic (exact) mass is 311 g/mol. The first-order valence-electron chi connectivity index (χ1n) is 6.95. The smallest absolute Gasteiger partial charge is 0.305 e. The Hall–Kier alpha value is -2.15. The Labute approximate surface area is 127 Å². The van der Waals surface area contributed by atoms with Crippen LogP contribution in [0.5, 0.6) is 5.75 Å². The predicted molar refractivity (Wildman–Crippen MR) is 75.2 cm³/mol. The Kier molecular flexibility index (Phi) is 5.32. The molecule has 1 aliphatic heterocycles. The number of benzene rings is 1. The second-order valence-corrected chi connectivity index (χ2v) is 5.14. The highest BCUT2D eigenvalue weighted by molar-refractivity contribution is 5.79. The zero-order valence-electron chi connectivity index (χ0n) is 12.3. The van der Waals surface area contributed by atoms with Crippen LogP contribution in [0.1, 0.15) is 12.0 Å². The van der Waals surface area contributed by atoms with Crippen molar-refractivity contribution in [3.05, 3.63) is 29.6 Å². The first-order chi connectivity index (χ1) is 10.5. The van der Waals surface area contributed by atoms with E-state index in [0.717, 1.165) is 5.56 Å². The fraction of sp³-hybridized carbons (Fsp3) is 0.467. The van der Waals surface area contributed by atoms with Crippen molar-refractivity contribution in [2.75, 3.05) is 26.4 Å². The number of hydrogen-bond donors (Lipinski definition) is 1. The summed E-state index contributed by atoms with van der Waals surface area (Å²) >= 11 is 0. The van der Waals surface area contributed by atoms with Gasteiger partial charge in [-0.3, -0.25) is 9.59 Å². The third-order valence-corrected chi connectivity index (χ3v) is 3.40. The lowest BCUT2D eigenvalue weighted by Crippen LogP contribution is -2.51. The summed E-state index contributed by atoms with van der Waals surface area (Å²) in [5.74, 6) is -1.91. The van der Waals surface area contributed by atoms with Crippen molar-refractivity contribution in [2.24, 2.45) is 0 Å². The van der Waals surface area contributed by atoms with E-state index in [9.17, 15) is 14.0 Å². The van der Waals surface area contributed by atoms with Gasteiger partial charge >= 0.3 is 5.97 Å². The third-order valence-electron chi connectivity index (χ3n) is 3.40. The predicted octanol–water partition coefficient (Wildman–Crippen LogP) is 1.22. The Bertz CT molecular complexity index is 563. The first-order valence-corrected chi connectivity index (χ1v) is 6.95. The molecule has 0 spiro atoms. The lowest BCUT2D eigenvalue weighted by molar-refractivity contribution is -0.147. The molecule has 1 aromatic carbocycles. The van der Waals surface area contributed by atoms with Gasteiger partial charge in [-0.1, -0.05) is 6.07 Å². The summed E-state index contributed by atoms with van der Waals surface area (Å²) in [6.07, 6.45) is -0.190. The number of carboxylic acid groups (broad SMARTS) is 1. The van der Waals surface area contributed by atoms with Crippen LogP contribution < -0.4 is 4.74 Å². The van der Waals surface area contributed by atoms with Crippen LogP contribution in [0.25, 0.3) is 0 Å². The van der Waals surface area contributed by atoms with Gasteiger partial charge in [0.2, 0.25) is 0 Å². The molecule has 0 radical (unpaired) electrons. The zero-order chi connectivity index (χ0) is 16.1. The summed E-state index contributed by atoms with van der Waals surface area (Å²) in [6.45, 7) is 2.28. The summed E-state index contributed by atoms with van der Waals surface area (Å²) in [6, 6.07) is 3.87. The van der Waals surface area contributed by atoms with E-state index in [1.165, 1.54) is 17.0 Å². The van der Waals surface area contributed by atoms with Crippen molar-refractivity contribution in [3.63, 3.8) is 0 Å². The number of halogens is 1. The Morgan fingerprint density at radius 1 is 1.50 bits per heavy atom. The molecule has 120 valence electrons. The van der Waals surface area contributed by atoms with Gasteiger partial charge in [-0.05, 0) is 24.6 Å². The van der Waals surface area contributed by atoms with E-state index in [4.69, 9.17) is 14.6 Å². The number of amides is 1. The van der Waals surface area contributed by atoms with E-state index in [1.807, 2.05) is 0 Å². The largest absolute Gasteiger partial charge is 0.481 e. The average molecular weight is 311 g/mol. The molecule has 6 nitrogen and oxygen atoms in total. The molecule has 0 bridgehead atoms. The second-order valence-electron chi connectivity index (χ2n) is 5.14. The summed E-state index contributed by atoms with van der Waals surface area (Å²) in [5, 5.41) is 8.87. The Morgan fingerprint density at radius 3 is 3.00 bits per heavy atom. The number of hydrogen-bond acceptors (Lipinski definition) is 4. The molecule has 0 unspecified atom stereocenters. The van der Waals surface area contributed by atoms with Gasteiger partial charge in [-0.25, -0.2) is 4.39 Å². The minimum absolute atomic E-state index is 0.0106. The fourth-order valence-corrected chi connectivity index (χ4v) is 2.30. The molecule has 2 rings (SSSR count). The van der Waals surface area contributed by atoms with Gasteiger partial charge in [0.05, 0.1) is 25.7 Å². The lowest BCUT2D eigenvalue weighted by Gasteiger charge is -2.34. The topological polar surface area (TPSA) is 76.1 Å². The van der Waals surface area contributed by atoms with Crippen LogP contribution in [-0.4, -0.2) is 54.3 Å². The lowest BCUT2D eigenvalue weighted by atomic mass is 10.1. The molecule has 1 heterocycles. The Morgan fingerprint density at radius 2 is 2.27 bits per heavy atom. The number of carboxylic acids is 1. The van der Waals surface area contributed by atoms with Gasteiger partial charge in [0.15, 0.2) is 18.2 Å². The van der Waals surface area contributed by atoms with E-state index in [0.29, 0.717) is 13.2 Å². The number of ether oxygens (including phenoxy) is 2. The minimum Gasteiger partial charge on any atom is -0.481 e. The van der Waals surface area contributed by atoms with Gasteiger partial charge in [0.25, 0.3) is 5.91 Å². The third kappa shape index (κ3) is 4.17. The molecule has 0 aromatic heterocycles. The summed E-state index contributed by atoms with van der Waals surface area (Å²) < 4.78 is 24.0. The maximum absolute atomic E-state index is 13.6. The number of aryl methyl sites for hydroxylation is 1. The van der Waals surface area contributed by atoms with Crippen molar-refractivity contribution in [1.29, 1.82) is 0 Å². The SMILES string of the molecule is Cc1ccc(F)c(OCC(=O)N2CCOC[C@H]2CC(=O)O)c1. The van der Waals surface area contributed by atoms with Crippen LogP contribution in [0, 0.1) is 12.7 Å². The molecule has 1 atom stereocenters. The van der Waals surface area contributed by atoms with Crippen LogP contribution in [0.4, 0.5) is 4.39 Å². The highest BCUT2D eigenvalue weighted by atomic mass is 19.1. The van der Waals surface area contributed by atoms with Crippen molar-refractivity contribution < 1.29 is 28.6 Å². The number of nitrogens with zero attached hydrogens (tertiary/aromatic N) is 1. The average Bonchev–Trinajstić information content (AvgIpc) is 2.48. The van der Waals surface area contributed by atoms with Gasteiger partial charge < -0.3 is 19.5 Å². The molecule has 1 amide bonds. The molecule has 1 aromatic rings. The van der Waals surface area contributed by atoms with Gasteiger partial charge in [0, 0.05) is 6.54 Å². The van der Waals surface area contributed by atoms with Gasteiger partial charge in [-0.15, -0.1) is 0 Å². The van der Waals surface area contributed by atoms with E-state index in [2.05, 4.69) is 0 Å². The first kappa shape index (κ1) is 16.2. The van der Waals surface area contributed by atoms with Gasteiger partial charge in [0.1, 0.15) is 0 Å². The summed E-state index contributed by atoms with van der Waals surface area (Å²) in [7, 11) is 0. The highest BCUT2D eigenvalue weighted by Crippen LogP contribution is 2.19. The molecule has 0 saturated carbocycles. The van der Waals surface area contributed by atoms with E-state index < -0.39 is 17.8 Å². The van der Waals surface area contributed by atoms with E-state index >= 15 is 0 Å². The number of carbonyl (C=O) groups is 2. The second kappa shape index (κ2) is 7.22. The van der Waals surface area contributed by atoms with Crippen LogP contribution in [-0.2, 0) is 14.3 Å². The maximum atomic E-state index is 13.6. The molecular weight excluding hydrogens is 293 g/mol. The molecule has 1 aliphatic rings. The molecule has 7 heteroatoms.